The van der Waals surface area contributed by atoms with Crippen LogP contribution in [-0.2, 0) is 24.2 Å². The Hall–Kier alpha value is -2.65. The predicted octanol–water partition coefficient (Wildman–Crippen LogP) is 3.19. The maximum absolute atomic E-state index is 13.1. The fourth-order valence-corrected chi connectivity index (χ4v) is 5.82. The number of carbonyl (C=O) groups is 2. The van der Waals surface area contributed by atoms with E-state index in [0.29, 0.717) is 23.0 Å². The van der Waals surface area contributed by atoms with Crippen molar-refractivity contribution in [2.24, 2.45) is 5.73 Å². The van der Waals surface area contributed by atoms with Gasteiger partial charge in [0, 0.05) is 22.7 Å². The molecule has 1 aliphatic rings. The SMILES string of the molecule is CCn1c(SCC(=O)Nc2ccc(C(N)=O)cc2)nc2sc3c(c2c1=O)CCCC3. The number of hydrogen-bond acceptors (Lipinski definition) is 6. The fourth-order valence-electron chi connectivity index (χ4n) is 3.65. The first-order valence-electron chi connectivity index (χ1n) is 9.85. The van der Waals surface area contributed by atoms with Gasteiger partial charge in [-0.15, -0.1) is 11.3 Å². The number of rotatable bonds is 6. The van der Waals surface area contributed by atoms with Crippen molar-refractivity contribution in [3.8, 4) is 0 Å². The average Bonchev–Trinajstić information content (AvgIpc) is 3.11. The number of nitrogens with zero attached hydrogens (tertiary/aromatic N) is 2. The number of thioether (sulfide) groups is 1. The molecule has 1 aromatic carbocycles. The molecule has 4 rings (SSSR count). The molecule has 30 heavy (non-hydrogen) atoms. The third-order valence-electron chi connectivity index (χ3n) is 5.14. The van der Waals surface area contributed by atoms with Crippen LogP contribution in [0.15, 0.2) is 34.2 Å². The number of thiophene rings is 1. The minimum absolute atomic E-state index is 0.00755. The van der Waals surface area contributed by atoms with E-state index < -0.39 is 5.91 Å². The van der Waals surface area contributed by atoms with Gasteiger partial charge >= 0.3 is 0 Å². The predicted molar refractivity (Wildman–Crippen MR) is 121 cm³/mol. The van der Waals surface area contributed by atoms with Crippen molar-refractivity contribution in [3.05, 3.63) is 50.6 Å². The van der Waals surface area contributed by atoms with E-state index in [-0.39, 0.29) is 17.2 Å². The second-order valence-corrected chi connectivity index (χ2v) is 9.14. The Balaban J connectivity index is 1.52. The maximum Gasteiger partial charge on any atom is 0.263 e. The number of hydrogen-bond donors (Lipinski definition) is 2. The molecule has 156 valence electrons. The van der Waals surface area contributed by atoms with Crippen molar-refractivity contribution in [2.75, 3.05) is 11.1 Å². The number of nitrogens with two attached hydrogens (primary N) is 1. The number of aryl methyl sites for hydroxylation is 2. The van der Waals surface area contributed by atoms with Gasteiger partial charge in [0.25, 0.3) is 5.56 Å². The van der Waals surface area contributed by atoms with Crippen molar-refractivity contribution in [1.82, 2.24) is 9.55 Å². The Labute approximate surface area is 181 Å². The molecule has 0 aliphatic heterocycles. The van der Waals surface area contributed by atoms with E-state index in [1.54, 1.807) is 40.2 Å². The van der Waals surface area contributed by atoms with Crippen molar-refractivity contribution in [2.45, 2.75) is 44.3 Å². The summed E-state index contributed by atoms with van der Waals surface area (Å²) < 4.78 is 1.66. The van der Waals surface area contributed by atoms with Gasteiger partial charge in [0.2, 0.25) is 11.8 Å². The van der Waals surface area contributed by atoms with Gasteiger partial charge in [-0.2, -0.15) is 0 Å². The van der Waals surface area contributed by atoms with Crippen LogP contribution in [0.25, 0.3) is 10.2 Å². The lowest BCUT2D eigenvalue weighted by Crippen LogP contribution is -2.24. The summed E-state index contributed by atoms with van der Waals surface area (Å²) in [6.07, 6.45) is 4.23. The van der Waals surface area contributed by atoms with Gasteiger partial charge in [0.15, 0.2) is 5.16 Å². The zero-order valence-corrected chi connectivity index (χ0v) is 18.2. The van der Waals surface area contributed by atoms with Crippen molar-refractivity contribution in [1.29, 1.82) is 0 Å². The van der Waals surface area contributed by atoms with Crippen LogP contribution < -0.4 is 16.6 Å². The topological polar surface area (TPSA) is 107 Å². The highest BCUT2D eigenvalue weighted by molar-refractivity contribution is 7.99. The van der Waals surface area contributed by atoms with E-state index in [9.17, 15) is 14.4 Å². The average molecular weight is 443 g/mol. The summed E-state index contributed by atoms with van der Waals surface area (Å²) in [6, 6.07) is 6.39. The molecule has 3 N–H and O–H groups in total. The Kier molecular flexibility index (Phi) is 5.92. The molecule has 0 unspecified atom stereocenters. The smallest absolute Gasteiger partial charge is 0.263 e. The summed E-state index contributed by atoms with van der Waals surface area (Å²) in [5, 5.41) is 4.11. The zero-order chi connectivity index (χ0) is 21.3. The molecule has 2 amide bonds. The number of amides is 2. The lowest BCUT2D eigenvalue weighted by atomic mass is 9.97. The number of primary amides is 1. The third-order valence-corrected chi connectivity index (χ3v) is 7.30. The molecule has 9 heteroatoms. The summed E-state index contributed by atoms with van der Waals surface area (Å²) >= 11 is 2.87. The largest absolute Gasteiger partial charge is 0.366 e. The fraction of sp³-hybridized carbons (Fsp3) is 0.333. The van der Waals surface area contributed by atoms with Crippen LogP contribution in [0.1, 0.15) is 40.6 Å². The lowest BCUT2D eigenvalue weighted by molar-refractivity contribution is -0.113. The number of nitrogens with one attached hydrogen (secondary N) is 1. The quantitative estimate of drug-likeness (QED) is 0.450. The molecule has 2 aromatic heterocycles. The molecule has 0 saturated carbocycles. The van der Waals surface area contributed by atoms with Gasteiger partial charge in [0.05, 0.1) is 11.1 Å². The van der Waals surface area contributed by atoms with Crippen LogP contribution in [0.2, 0.25) is 0 Å². The molecular weight excluding hydrogens is 420 g/mol. The molecule has 0 fully saturated rings. The Bertz CT molecular complexity index is 1180. The lowest BCUT2D eigenvalue weighted by Gasteiger charge is -2.12. The van der Waals surface area contributed by atoms with Gasteiger partial charge in [-0.05, 0) is 62.4 Å². The second kappa shape index (κ2) is 8.61. The van der Waals surface area contributed by atoms with E-state index in [0.717, 1.165) is 35.9 Å². The second-order valence-electron chi connectivity index (χ2n) is 7.11. The molecule has 0 spiro atoms. The van der Waals surface area contributed by atoms with E-state index in [4.69, 9.17) is 10.7 Å². The first-order valence-corrected chi connectivity index (χ1v) is 11.7. The summed E-state index contributed by atoms with van der Waals surface area (Å²) in [4.78, 5) is 43.4. The Morgan fingerprint density at radius 1 is 1.23 bits per heavy atom. The van der Waals surface area contributed by atoms with E-state index in [1.807, 2.05) is 6.92 Å². The molecule has 2 heterocycles. The van der Waals surface area contributed by atoms with E-state index in [2.05, 4.69) is 5.32 Å². The van der Waals surface area contributed by atoms with Crippen molar-refractivity contribution >= 4 is 50.8 Å². The minimum Gasteiger partial charge on any atom is -0.366 e. The van der Waals surface area contributed by atoms with Gasteiger partial charge in [-0.1, -0.05) is 11.8 Å². The first-order chi connectivity index (χ1) is 14.5. The van der Waals surface area contributed by atoms with Crippen molar-refractivity contribution in [3.63, 3.8) is 0 Å². The van der Waals surface area contributed by atoms with Crippen LogP contribution in [0.5, 0.6) is 0 Å². The van der Waals surface area contributed by atoms with E-state index in [1.165, 1.54) is 22.2 Å². The molecular formula is C21H22N4O3S2. The highest BCUT2D eigenvalue weighted by atomic mass is 32.2. The van der Waals surface area contributed by atoms with E-state index >= 15 is 0 Å². The molecule has 3 aromatic rings. The summed E-state index contributed by atoms with van der Waals surface area (Å²) in [5.74, 6) is -0.604. The molecule has 0 radical (unpaired) electrons. The molecule has 0 atom stereocenters. The normalized spacial score (nSPS) is 13.2. The minimum atomic E-state index is -0.516. The number of anilines is 1. The number of aromatic nitrogens is 2. The van der Waals surface area contributed by atoms with Gasteiger partial charge < -0.3 is 11.1 Å². The van der Waals surface area contributed by atoms with Gasteiger partial charge in [-0.3, -0.25) is 19.0 Å². The third kappa shape index (κ3) is 3.99. The van der Waals surface area contributed by atoms with Crippen LogP contribution >= 0.6 is 23.1 Å². The van der Waals surface area contributed by atoms with Gasteiger partial charge in [-0.25, -0.2) is 4.98 Å². The van der Waals surface area contributed by atoms with Crippen molar-refractivity contribution < 1.29 is 9.59 Å². The number of carbonyl (C=O) groups excluding carboxylic acids is 2. The summed E-state index contributed by atoms with van der Waals surface area (Å²) in [7, 11) is 0. The van der Waals surface area contributed by atoms with Crippen LogP contribution in [-0.4, -0.2) is 27.1 Å². The Morgan fingerprint density at radius 3 is 2.67 bits per heavy atom. The summed E-state index contributed by atoms with van der Waals surface area (Å²) in [5.41, 5.74) is 7.35. The first kappa shape index (κ1) is 20.6. The molecule has 0 saturated heterocycles. The molecule has 1 aliphatic carbocycles. The summed E-state index contributed by atoms with van der Waals surface area (Å²) in [6.45, 7) is 2.42. The standard InChI is InChI=1S/C21H22N4O3S2/c1-2-25-20(28)17-14-5-3-4-6-15(14)30-19(17)24-21(25)29-11-16(26)23-13-9-7-12(8-10-13)18(22)27/h7-10H,2-6,11H2,1H3,(H2,22,27)(H,23,26). The highest BCUT2D eigenvalue weighted by Crippen LogP contribution is 2.34. The zero-order valence-electron chi connectivity index (χ0n) is 16.6. The maximum atomic E-state index is 13.1. The van der Waals surface area contributed by atoms with Crippen LogP contribution in [0, 0.1) is 0 Å². The number of benzene rings is 1. The van der Waals surface area contributed by atoms with Crippen LogP contribution in [0.4, 0.5) is 5.69 Å². The monoisotopic (exact) mass is 442 g/mol. The molecule has 7 nitrogen and oxygen atoms in total. The highest BCUT2D eigenvalue weighted by Gasteiger charge is 2.22. The van der Waals surface area contributed by atoms with Crippen LogP contribution in [0.3, 0.4) is 0 Å². The van der Waals surface area contributed by atoms with Gasteiger partial charge in [0.1, 0.15) is 4.83 Å². The molecule has 0 bridgehead atoms. The Morgan fingerprint density at radius 2 is 1.97 bits per heavy atom. The number of fused-ring (bicyclic) bond motifs is 3.